The van der Waals surface area contributed by atoms with Gasteiger partial charge in [0.2, 0.25) is 5.91 Å². The lowest BCUT2D eigenvalue weighted by Crippen LogP contribution is -2.36. The van der Waals surface area contributed by atoms with Gasteiger partial charge < -0.3 is 14.4 Å². The van der Waals surface area contributed by atoms with E-state index in [1.807, 2.05) is 17.0 Å². The number of benzene rings is 1. The second kappa shape index (κ2) is 10.3. The fourth-order valence-electron chi connectivity index (χ4n) is 2.97. The van der Waals surface area contributed by atoms with E-state index in [-0.39, 0.29) is 5.91 Å². The number of hydrogen-bond donors (Lipinski definition) is 0. The van der Waals surface area contributed by atoms with Gasteiger partial charge in [-0.15, -0.1) is 0 Å². The van der Waals surface area contributed by atoms with Gasteiger partial charge in [0.15, 0.2) is 0 Å². The topological polar surface area (TPSA) is 38.8 Å². The molecule has 0 fully saturated rings. The number of ether oxygens (including phenoxy) is 2. The van der Waals surface area contributed by atoms with Crippen LogP contribution in [0.3, 0.4) is 0 Å². The fourth-order valence-corrected chi connectivity index (χ4v) is 2.97. The van der Waals surface area contributed by atoms with Crippen molar-refractivity contribution in [1.29, 1.82) is 0 Å². The monoisotopic (exact) mass is 319 g/mol. The van der Waals surface area contributed by atoms with Crippen LogP contribution in [0.5, 0.6) is 5.75 Å². The number of amides is 1. The maximum atomic E-state index is 12.3. The Morgan fingerprint density at radius 1 is 1.13 bits per heavy atom. The maximum Gasteiger partial charge on any atom is 0.225 e. The van der Waals surface area contributed by atoms with E-state index in [1.165, 1.54) is 31.2 Å². The van der Waals surface area contributed by atoms with E-state index >= 15 is 0 Å². The molecule has 0 saturated heterocycles. The van der Waals surface area contributed by atoms with E-state index in [2.05, 4.69) is 12.1 Å². The number of hydrogen-bond acceptors (Lipinski definition) is 3. The molecule has 1 aromatic carbocycles. The summed E-state index contributed by atoms with van der Waals surface area (Å²) >= 11 is 0. The van der Waals surface area contributed by atoms with Gasteiger partial charge in [0, 0.05) is 13.7 Å². The molecule has 0 atom stereocenters. The van der Waals surface area contributed by atoms with Gasteiger partial charge in [-0.25, -0.2) is 0 Å². The van der Waals surface area contributed by atoms with Crippen molar-refractivity contribution in [3.8, 4) is 5.75 Å². The van der Waals surface area contributed by atoms with Crippen LogP contribution in [0.25, 0.3) is 0 Å². The first kappa shape index (κ1) is 17.8. The number of methoxy groups -OCH3 is 1. The summed E-state index contributed by atoms with van der Waals surface area (Å²) in [5.41, 5.74) is 1.28. The molecule has 128 valence electrons. The van der Waals surface area contributed by atoms with Crippen LogP contribution >= 0.6 is 0 Å². The number of carbonyl (C=O) groups is 1. The molecule has 0 N–H and O–H groups in total. The number of fused-ring (bicyclic) bond motifs is 1. The second-order valence-electron chi connectivity index (χ2n) is 6.10. The minimum atomic E-state index is 0.165. The summed E-state index contributed by atoms with van der Waals surface area (Å²) in [4.78, 5) is 14.2. The molecule has 0 aliphatic carbocycles. The first-order valence-electron chi connectivity index (χ1n) is 8.78. The van der Waals surface area contributed by atoms with Crippen molar-refractivity contribution < 1.29 is 14.3 Å². The summed E-state index contributed by atoms with van der Waals surface area (Å²) in [6.07, 6.45) is 7.48. The zero-order valence-corrected chi connectivity index (χ0v) is 14.3. The minimum absolute atomic E-state index is 0.165. The van der Waals surface area contributed by atoms with Crippen LogP contribution in [0.15, 0.2) is 24.3 Å². The van der Waals surface area contributed by atoms with Crippen LogP contribution in [0.4, 0.5) is 0 Å². The first-order chi connectivity index (χ1) is 11.3. The van der Waals surface area contributed by atoms with Crippen LogP contribution in [0, 0.1) is 0 Å². The average molecular weight is 319 g/mol. The Labute approximate surface area is 139 Å². The fraction of sp³-hybridized carbons (Fsp3) is 0.632. The lowest BCUT2D eigenvalue weighted by atomic mass is 10.0. The highest BCUT2D eigenvalue weighted by atomic mass is 16.5. The van der Waals surface area contributed by atoms with Crippen molar-refractivity contribution in [2.75, 3.05) is 33.4 Å². The number of aryl methyl sites for hydroxylation is 1. The largest absolute Gasteiger partial charge is 0.491 e. The van der Waals surface area contributed by atoms with Gasteiger partial charge >= 0.3 is 0 Å². The number of nitrogens with zero attached hydrogens (tertiary/aromatic N) is 1. The summed E-state index contributed by atoms with van der Waals surface area (Å²) in [6.45, 7) is 2.51. The Morgan fingerprint density at radius 3 is 2.78 bits per heavy atom. The Hall–Kier alpha value is -1.55. The normalized spacial score (nSPS) is 17.2. The molecule has 4 heteroatoms. The zero-order valence-electron chi connectivity index (χ0n) is 14.3. The van der Waals surface area contributed by atoms with Crippen LogP contribution in [0.1, 0.15) is 44.1 Å². The number of rotatable bonds is 3. The zero-order chi connectivity index (χ0) is 16.3. The van der Waals surface area contributed by atoms with Crippen molar-refractivity contribution in [3.63, 3.8) is 0 Å². The van der Waals surface area contributed by atoms with Crippen LogP contribution in [-0.2, 0) is 16.0 Å². The minimum Gasteiger partial charge on any atom is -0.491 e. The molecule has 0 bridgehead atoms. The molecule has 0 saturated carbocycles. The Morgan fingerprint density at radius 2 is 1.91 bits per heavy atom. The van der Waals surface area contributed by atoms with E-state index in [4.69, 9.17) is 9.47 Å². The van der Waals surface area contributed by atoms with E-state index in [1.54, 1.807) is 7.11 Å². The van der Waals surface area contributed by atoms with E-state index in [0.29, 0.717) is 26.2 Å². The molecule has 1 aliphatic rings. The van der Waals surface area contributed by atoms with Crippen molar-refractivity contribution in [2.45, 2.75) is 44.9 Å². The highest BCUT2D eigenvalue weighted by molar-refractivity contribution is 5.76. The van der Waals surface area contributed by atoms with Crippen LogP contribution in [0.2, 0.25) is 0 Å². The molecule has 23 heavy (non-hydrogen) atoms. The van der Waals surface area contributed by atoms with Crippen LogP contribution < -0.4 is 4.74 Å². The molecule has 2 rings (SSSR count). The SMILES string of the molecule is COCCC(=O)N1CCCCCCCc2ccccc2OCC1. The van der Waals surface area contributed by atoms with Crippen molar-refractivity contribution >= 4 is 5.91 Å². The highest BCUT2D eigenvalue weighted by Crippen LogP contribution is 2.21. The van der Waals surface area contributed by atoms with E-state index < -0.39 is 0 Å². The van der Waals surface area contributed by atoms with Gasteiger partial charge in [-0.2, -0.15) is 0 Å². The van der Waals surface area contributed by atoms with Gasteiger partial charge in [-0.1, -0.05) is 37.5 Å². The lowest BCUT2D eigenvalue weighted by Gasteiger charge is -2.23. The Bertz CT molecular complexity index is 475. The number of carbonyl (C=O) groups excluding carboxylic acids is 1. The summed E-state index contributed by atoms with van der Waals surface area (Å²) in [6, 6.07) is 8.27. The van der Waals surface area contributed by atoms with Crippen molar-refractivity contribution in [3.05, 3.63) is 29.8 Å². The van der Waals surface area contributed by atoms with Gasteiger partial charge in [-0.05, 0) is 30.9 Å². The first-order valence-corrected chi connectivity index (χ1v) is 8.78. The van der Waals surface area contributed by atoms with Crippen molar-refractivity contribution in [2.24, 2.45) is 0 Å². The van der Waals surface area contributed by atoms with Gasteiger partial charge in [0.1, 0.15) is 12.4 Å². The smallest absolute Gasteiger partial charge is 0.225 e. The average Bonchev–Trinajstić information content (AvgIpc) is 2.59. The Balaban J connectivity index is 1.97. The standard InChI is InChI=1S/C19H29NO3/c1-22-15-12-19(21)20-13-8-4-2-3-5-9-17-10-6-7-11-18(17)23-16-14-20/h6-7,10-11H,2-5,8-9,12-16H2,1H3. The molecule has 4 nitrogen and oxygen atoms in total. The molecule has 0 spiro atoms. The molecule has 0 unspecified atom stereocenters. The highest BCUT2D eigenvalue weighted by Gasteiger charge is 2.14. The molecule has 1 heterocycles. The summed E-state index contributed by atoms with van der Waals surface area (Å²) in [5.74, 6) is 1.13. The quantitative estimate of drug-likeness (QED) is 0.856. The summed E-state index contributed by atoms with van der Waals surface area (Å²) in [5, 5.41) is 0. The Kier molecular flexibility index (Phi) is 7.95. The lowest BCUT2D eigenvalue weighted by molar-refractivity contribution is -0.132. The van der Waals surface area contributed by atoms with E-state index in [9.17, 15) is 4.79 Å². The third-order valence-electron chi connectivity index (χ3n) is 4.34. The van der Waals surface area contributed by atoms with Gasteiger partial charge in [-0.3, -0.25) is 4.79 Å². The van der Waals surface area contributed by atoms with E-state index in [0.717, 1.165) is 25.1 Å². The molecule has 1 amide bonds. The second-order valence-corrected chi connectivity index (χ2v) is 6.10. The molecule has 0 aromatic heterocycles. The third kappa shape index (κ3) is 6.22. The van der Waals surface area contributed by atoms with Crippen molar-refractivity contribution in [1.82, 2.24) is 4.90 Å². The molecule has 1 aliphatic heterocycles. The molecular weight excluding hydrogens is 290 g/mol. The van der Waals surface area contributed by atoms with Crippen LogP contribution in [-0.4, -0.2) is 44.2 Å². The maximum absolute atomic E-state index is 12.3. The molecule has 0 radical (unpaired) electrons. The van der Waals surface area contributed by atoms with Gasteiger partial charge in [0.25, 0.3) is 0 Å². The predicted octanol–water partition coefficient (Wildman–Crippen LogP) is 3.44. The summed E-state index contributed by atoms with van der Waals surface area (Å²) < 4.78 is 11.0. The molecular formula is C19H29NO3. The predicted molar refractivity (Wildman–Crippen MR) is 91.8 cm³/mol. The molecule has 1 aromatic rings. The number of para-hydroxylation sites is 1. The summed E-state index contributed by atoms with van der Waals surface area (Å²) in [7, 11) is 1.63. The van der Waals surface area contributed by atoms with Gasteiger partial charge in [0.05, 0.1) is 19.6 Å². The third-order valence-corrected chi connectivity index (χ3v) is 4.34.